The van der Waals surface area contributed by atoms with Crippen LogP contribution in [0.15, 0.2) is 144 Å². The third kappa shape index (κ3) is 7.89. The van der Waals surface area contributed by atoms with Gasteiger partial charge in [-0.1, -0.05) is 131 Å². The predicted molar refractivity (Wildman–Crippen MR) is 242 cm³/mol. The molecule has 0 unspecified atom stereocenters. The quantitative estimate of drug-likeness (QED) is 0.118. The van der Waals surface area contributed by atoms with Crippen LogP contribution in [-0.4, -0.2) is 22.6 Å². The van der Waals surface area contributed by atoms with Crippen LogP contribution in [0.5, 0.6) is 0 Å². The van der Waals surface area contributed by atoms with E-state index in [0.717, 1.165) is 55.1 Å². The van der Waals surface area contributed by atoms with Gasteiger partial charge in [0.05, 0.1) is 30.5 Å². The molecule has 3 heterocycles. The molecule has 58 heavy (non-hydrogen) atoms. The Hall–Kier alpha value is -5.39. The number of rotatable bonds is 7. The maximum absolute atomic E-state index is 7.74. The topological polar surface area (TPSA) is 43.9 Å². The first-order valence-corrected chi connectivity index (χ1v) is 23.2. The third-order valence-corrected chi connectivity index (χ3v) is 12.6. The second-order valence-electron chi connectivity index (χ2n) is 16.3. The fourth-order valence-corrected chi connectivity index (χ4v) is 9.01. The van der Waals surface area contributed by atoms with Gasteiger partial charge in [0.25, 0.3) is 0 Å². The van der Waals surface area contributed by atoms with Crippen LogP contribution in [0.2, 0.25) is 19.6 Å². The van der Waals surface area contributed by atoms with Crippen LogP contribution in [0.4, 0.5) is 0 Å². The van der Waals surface area contributed by atoms with Crippen LogP contribution < -0.4 is 5.19 Å². The molecular formula is C52H49IrN3OSi-2. The molecule has 6 aromatic carbocycles. The number of imidazole rings is 1. The molecule has 3 aromatic heterocycles. The molecule has 0 amide bonds. The van der Waals surface area contributed by atoms with Crippen molar-refractivity contribution in [2.24, 2.45) is 0 Å². The molecule has 0 aliphatic heterocycles. The molecule has 293 valence electrons. The van der Waals surface area contributed by atoms with E-state index in [1.807, 2.05) is 48.5 Å². The van der Waals surface area contributed by atoms with Crippen molar-refractivity contribution in [3.63, 3.8) is 0 Å². The van der Waals surface area contributed by atoms with Crippen molar-refractivity contribution < 1.29 is 28.6 Å². The fourth-order valence-electron chi connectivity index (χ4n) is 7.66. The minimum absolute atomic E-state index is 0. The molecule has 0 aliphatic rings. The average molecular weight is 955 g/mol. The largest absolute Gasteiger partial charge is 0.501 e. The summed E-state index contributed by atoms with van der Waals surface area (Å²) in [5.41, 5.74) is 12.6. The number of hydrogen-bond acceptors (Lipinski definition) is 3. The van der Waals surface area contributed by atoms with Crippen molar-refractivity contribution in [2.75, 3.05) is 0 Å². The van der Waals surface area contributed by atoms with Crippen molar-refractivity contribution in [1.82, 2.24) is 14.5 Å². The summed E-state index contributed by atoms with van der Waals surface area (Å²) >= 11 is 0. The average Bonchev–Trinajstić information content (AvgIpc) is 3.82. The molecule has 9 rings (SSSR count). The molecular weight excluding hydrogens is 903 g/mol. The minimum Gasteiger partial charge on any atom is -0.501 e. The fraction of sp³-hybridized carbons (Fsp3) is 0.192. The zero-order chi connectivity index (χ0) is 42.3. The summed E-state index contributed by atoms with van der Waals surface area (Å²) in [5.74, 6) is 1.45. The van der Waals surface area contributed by atoms with E-state index in [9.17, 15) is 0 Å². The number of nitrogens with zero attached hydrogens (tertiary/aromatic N) is 3. The van der Waals surface area contributed by atoms with Crippen LogP contribution >= 0.6 is 0 Å². The summed E-state index contributed by atoms with van der Waals surface area (Å²) in [6.45, 7) is 13.3. The summed E-state index contributed by atoms with van der Waals surface area (Å²) in [6.07, 6.45) is 0. The van der Waals surface area contributed by atoms with Gasteiger partial charge < -0.3 is 14.0 Å². The third-order valence-electron chi connectivity index (χ3n) is 10.6. The van der Waals surface area contributed by atoms with E-state index in [-0.39, 0.29) is 25.8 Å². The molecule has 0 fully saturated rings. The van der Waals surface area contributed by atoms with Crippen LogP contribution in [-0.2, 0) is 20.1 Å². The molecule has 9 aromatic rings. The SMILES string of the molecule is CC(C)c1cc(-c2ccccc2)cc(C(C)C)c1-n1c(-c2[c-]ccc3c2oc2ccccc23)nc2ccccc21.[2H]C([2H])([2H])c1nc(-c2[c-]cccc2)ccc1[Si](C)(C)C.[Ir]. The van der Waals surface area contributed by atoms with E-state index in [1.165, 1.54) is 27.9 Å². The Morgan fingerprint density at radius 3 is 2.05 bits per heavy atom. The Morgan fingerprint density at radius 2 is 1.36 bits per heavy atom. The molecule has 0 spiro atoms. The maximum atomic E-state index is 7.74. The zero-order valence-electron chi connectivity index (χ0n) is 37.0. The predicted octanol–water partition coefficient (Wildman–Crippen LogP) is 13.7. The number of pyridine rings is 1. The number of fused-ring (bicyclic) bond motifs is 4. The molecule has 0 aliphatic carbocycles. The molecule has 4 nitrogen and oxygen atoms in total. The number of benzene rings is 6. The Balaban J connectivity index is 0.000000226. The summed E-state index contributed by atoms with van der Waals surface area (Å²) in [4.78, 5) is 9.65. The smallest absolute Gasteiger partial charge is 0.120 e. The van der Waals surface area contributed by atoms with Gasteiger partial charge in [0.15, 0.2) is 0 Å². The molecule has 0 atom stereocenters. The van der Waals surface area contributed by atoms with E-state index >= 15 is 0 Å². The number of aromatic nitrogens is 3. The normalized spacial score (nSPS) is 12.6. The van der Waals surface area contributed by atoms with E-state index in [1.54, 1.807) is 6.07 Å². The molecule has 0 saturated carbocycles. The molecule has 0 saturated heterocycles. The van der Waals surface area contributed by atoms with Crippen LogP contribution in [0.25, 0.3) is 72.4 Å². The second-order valence-corrected chi connectivity index (χ2v) is 21.3. The van der Waals surface area contributed by atoms with Crippen LogP contribution in [0.1, 0.15) is 60.5 Å². The molecule has 6 heteroatoms. The zero-order valence-corrected chi connectivity index (χ0v) is 37.4. The van der Waals surface area contributed by atoms with Gasteiger partial charge in [-0.15, -0.1) is 54.1 Å². The first kappa shape index (κ1) is 36.9. The summed E-state index contributed by atoms with van der Waals surface area (Å²) < 4.78 is 32.0. The van der Waals surface area contributed by atoms with Crippen molar-refractivity contribution >= 4 is 46.2 Å². The van der Waals surface area contributed by atoms with Crippen LogP contribution in [0.3, 0.4) is 0 Å². The van der Waals surface area contributed by atoms with Gasteiger partial charge in [-0.3, -0.25) is 4.98 Å². The first-order valence-electron chi connectivity index (χ1n) is 21.2. The Bertz CT molecular complexity index is 2940. The van der Waals surface area contributed by atoms with Gasteiger partial charge >= 0.3 is 0 Å². The summed E-state index contributed by atoms with van der Waals surface area (Å²) in [6, 6.07) is 54.0. The van der Waals surface area contributed by atoms with Gasteiger partial charge in [0.1, 0.15) is 5.58 Å². The molecule has 0 bridgehead atoms. The van der Waals surface area contributed by atoms with Crippen molar-refractivity contribution in [2.45, 2.75) is 66.0 Å². The number of furan rings is 1. The van der Waals surface area contributed by atoms with Crippen molar-refractivity contribution in [3.8, 4) is 39.5 Å². The Morgan fingerprint density at radius 1 is 0.672 bits per heavy atom. The van der Waals surface area contributed by atoms with Gasteiger partial charge in [0, 0.05) is 41.0 Å². The number of para-hydroxylation sites is 3. The monoisotopic (exact) mass is 955 g/mol. The number of hydrogen-bond donors (Lipinski definition) is 0. The van der Waals surface area contributed by atoms with Gasteiger partial charge in [0.2, 0.25) is 0 Å². The van der Waals surface area contributed by atoms with Gasteiger partial charge in [-0.25, -0.2) is 0 Å². The molecule has 1 radical (unpaired) electrons. The van der Waals surface area contributed by atoms with E-state index < -0.39 is 14.9 Å². The summed E-state index contributed by atoms with van der Waals surface area (Å²) in [7, 11) is -1.74. The molecule has 0 N–H and O–H groups in total. The Labute approximate surface area is 361 Å². The van der Waals surface area contributed by atoms with E-state index in [2.05, 4.69) is 154 Å². The first-order chi connectivity index (χ1) is 28.7. The van der Waals surface area contributed by atoms with Crippen molar-refractivity contribution in [3.05, 3.63) is 168 Å². The van der Waals surface area contributed by atoms with Crippen LogP contribution in [0, 0.1) is 19.0 Å². The standard InChI is InChI=1S/C37H31N2O.C15H18NSi.Ir/c1-23(2)30-21-26(25-13-6-5-7-14-25)22-31(24(3)4)35(30)39-33-19-10-9-18-32(33)38-37(39)29-17-12-16-28-27-15-8-11-20-34(27)40-36(28)29;1-12-15(17(2,3)4)11-10-14(16-12)13-8-6-5-7-9-13;/h5-16,18-24H,1-4H3;5-8,10-11H,1-4H3;/q2*-1;/i;1D3;. The minimum atomic E-state index is -2.18. The summed E-state index contributed by atoms with van der Waals surface area (Å²) in [5, 5.41) is 3.08. The van der Waals surface area contributed by atoms with Gasteiger partial charge in [-0.2, -0.15) is 0 Å². The Kier molecular flexibility index (Phi) is 10.7. The maximum Gasteiger partial charge on any atom is 0.120 e. The van der Waals surface area contributed by atoms with E-state index in [0.29, 0.717) is 17.5 Å². The van der Waals surface area contributed by atoms with E-state index in [4.69, 9.17) is 13.5 Å². The number of aryl methyl sites for hydroxylation is 1. The van der Waals surface area contributed by atoms with Gasteiger partial charge in [-0.05, 0) is 82.2 Å². The second kappa shape index (κ2) is 16.8. The van der Waals surface area contributed by atoms with Crippen molar-refractivity contribution in [1.29, 1.82) is 0 Å².